The van der Waals surface area contributed by atoms with Crippen LogP contribution in [0.2, 0.25) is 5.02 Å². The fourth-order valence-corrected chi connectivity index (χ4v) is 4.38. The maximum atomic E-state index is 6.11. The second-order valence-electron chi connectivity index (χ2n) is 7.75. The van der Waals surface area contributed by atoms with Crippen molar-refractivity contribution >= 4 is 22.5 Å². The van der Waals surface area contributed by atoms with Gasteiger partial charge in [-0.15, -0.1) is 0 Å². The summed E-state index contributed by atoms with van der Waals surface area (Å²) in [7, 11) is 1.78. The van der Waals surface area contributed by atoms with Crippen molar-refractivity contribution in [1.29, 1.82) is 0 Å². The molecule has 29 heavy (non-hydrogen) atoms. The molecule has 150 valence electrons. The van der Waals surface area contributed by atoms with E-state index in [9.17, 15) is 0 Å². The average Bonchev–Trinajstić information content (AvgIpc) is 3.36. The number of likely N-dealkylation sites (tertiary alicyclic amines) is 1. The lowest BCUT2D eigenvalue weighted by Gasteiger charge is -2.19. The minimum Gasteiger partial charge on any atom is -0.454 e. The highest BCUT2D eigenvalue weighted by atomic mass is 35.5. The minimum atomic E-state index is 0.261. The van der Waals surface area contributed by atoms with Gasteiger partial charge in [0.1, 0.15) is 0 Å². The molecule has 0 spiro atoms. The molecule has 3 heterocycles. The third kappa shape index (κ3) is 3.78. The third-order valence-electron chi connectivity index (χ3n) is 5.67. The summed E-state index contributed by atoms with van der Waals surface area (Å²) in [5, 5.41) is 1.79. The molecule has 5 rings (SSSR count). The largest absolute Gasteiger partial charge is 0.454 e. The number of fused-ring (bicyclic) bond motifs is 2. The fraction of sp³-hybridized carbons (Fsp3) is 0.348. The third-order valence-corrected chi connectivity index (χ3v) is 5.92. The van der Waals surface area contributed by atoms with E-state index in [1.807, 2.05) is 36.4 Å². The van der Waals surface area contributed by atoms with E-state index in [4.69, 9.17) is 30.8 Å². The number of hydrogen-bond donors (Lipinski definition) is 0. The first-order valence-corrected chi connectivity index (χ1v) is 10.3. The Morgan fingerprint density at radius 1 is 1.14 bits per heavy atom. The number of benzene rings is 2. The van der Waals surface area contributed by atoms with E-state index in [1.165, 1.54) is 12.0 Å². The molecule has 2 aliphatic heterocycles. The van der Waals surface area contributed by atoms with Gasteiger partial charge in [0, 0.05) is 42.2 Å². The summed E-state index contributed by atoms with van der Waals surface area (Å²) in [4.78, 5) is 7.51. The number of pyridine rings is 1. The summed E-state index contributed by atoms with van der Waals surface area (Å²) in [5.41, 5.74) is 4.17. The zero-order valence-corrected chi connectivity index (χ0v) is 17.1. The molecule has 0 N–H and O–H groups in total. The van der Waals surface area contributed by atoms with Crippen LogP contribution in [0.15, 0.2) is 42.5 Å². The molecule has 0 saturated carbocycles. The Morgan fingerprint density at radius 3 is 2.72 bits per heavy atom. The number of ether oxygens (including phenoxy) is 3. The molecule has 0 bridgehead atoms. The fourth-order valence-electron chi connectivity index (χ4n) is 4.26. The van der Waals surface area contributed by atoms with Crippen molar-refractivity contribution in [3.8, 4) is 22.8 Å². The van der Waals surface area contributed by atoms with E-state index in [2.05, 4.69) is 11.0 Å². The number of rotatable bonds is 5. The first-order chi connectivity index (χ1) is 14.2. The lowest BCUT2D eigenvalue weighted by atomic mass is 10.0. The van der Waals surface area contributed by atoms with Crippen LogP contribution in [-0.2, 0) is 11.3 Å². The summed E-state index contributed by atoms with van der Waals surface area (Å²) in [6, 6.07) is 14.1. The summed E-state index contributed by atoms with van der Waals surface area (Å²) < 4.78 is 16.5. The zero-order chi connectivity index (χ0) is 19.8. The quantitative estimate of drug-likeness (QED) is 0.607. The monoisotopic (exact) mass is 410 g/mol. The molecule has 0 radical (unpaired) electrons. The highest BCUT2D eigenvalue weighted by Gasteiger charge is 2.24. The molecular weight excluding hydrogens is 388 g/mol. The second kappa shape index (κ2) is 7.82. The number of aromatic nitrogens is 1. The van der Waals surface area contributed by atoms with Gasteiger partial charge in [0.2, 0.25) is 6.79 Å². The molecule has 2 aromatic carbocycles. The molecule has 6 heteroatoms. The van der Waals surface area contributed by atoms with Crippen molar-refractivity contribution in [3.05, 3.63) is 53.1 Å². The van der Waals surface area contributed by atoms with Gasteiger partial charge in [0.05, 0.1) is 17.8 Å². The topological polar surface area (TPSA) is 43.8 Å². The van der Waals surface area contributed by atoms with Gasteiger partial charge < -0.3 is 14.2 Å². The predicted octanol–water partition coefficient (Wildman–Crippen LogP) is 4.75. The van der Waals surface area contributed by atoms with Crippen LogP contribution in [0.5, 0.6) is 11.5 Å². The van der Waals surface area contributed by atoms with Crippen molar-refractivity contribution in [2.24, 2.45) is 5.92 Å². The van der Waals surface area contributed by atoms with Crippen molar-refractivity contribution in [2.45, 2.75) is 13.0 Å². The Balaban J connectivity index is 1.55. The molecule has 1 aromatic heterocycles. The molecule has 1 fully saturated rings. The predicted molar refractivity (Wildman–Crippen MR) is 114 cm³/mol. The Bertz CT molecular complexity index is 1040. The van der Waals surface area contributed by atoms with Crippen LogP contribution < -0.4 is 9.47 Å². The van der Waals surface area contributed by atoms with Gasteiger partial charge in [-0.1, -0.05) is 23.7 Å². The molecule has 1 atom stereocenters. The smallest absolute Gasteiger partial charge is 0.231 e. The SMILES string of the molecule is COCC1CCN(Cc2cc3cc4c(cc3nc2-c2ccc(Cl)cc2)OCO4)C1. The van der Waals surface area contributed by atoms with Crippen molar-refractivity contribution in [1.82, 2.24) is 9.88 Å². The van der Waals surface area contributed by atoms with E-state index in [-0.39, 0.29) is 6.79 Å². The van der Waals surface area contributed by atoms with Gasteiger partial charge in [-0.3, -0.25) is 4.90 Å². The first-order valence-electron chi connectivity index (χ1n) is 9.90. The number of methoxy groups -OCH3 is 1. The molecule has 1 saturated heterocycles. The van der Waals surface area contributed by atoms with Gasteiger partial charge in [-0.2, -0.15) is 0 Å². The zero-order valence-electron chi connectivity index (χ0n) is 16.4. The molecule has 0 aliphatic carbocycles. The van der Waals surface area contributed by atoms with Crippen LogP contribution in [0.4, 0.5) is 0 Å². The summed E-state index contributed by atoms with van der Waals surface area (Å²) in [6.45, 7) is 4.06. The molecule has 1 unspecified atom stereocenters. The van der Waals surface area contributed by atoms with Crippen molar-refractivity contribution < 1.29 is 14.2 Å². The molecule has 5 nitrogen and oxygen atoms in total. The molecule has 2 aliphatic rings. The summed E-state index contributed by atoms with van der Waals surface area (Å²) >= 11 is 6.11. The highest BCUT2D eigenvalue weighted by Crippen LogP contribution is 2.37. The minimum absolute atomic E-state index is 0.261. The number of halogens is 1. The van der Waals surface area contributed by atoms with Gasteiger partial charge in [-0.05, 0) is 48.7 Å². The van der Waals surface area contributed by atoms with Crippen molar-refractivity contribution in [3.63, 3.8) is 0 Å². The van der Waals surface area contributed by atoms with E-state index in [1.54, 1.807) is 7.11 Å². The maximum absolute atomic E-state index is 6.11. The standard InChI is InChI=1S/C23H23ClN2O3/c1-27-13-15-6-7-26(11-15)12-18-8-17-9-21-22(29-14-28-21)10-20(17)25-23(18)16-2-4-19(24)5-3-16/h2-5,8-10,15H,6-7,11-14H2,1H3. The van der Waals surface area contributed by atoms with Gasteiger partial charge in [0.25, 0.3) is 0 Å². The van der Waals surface area contributed by atoms with Crippen LogP contribution in [0.25, 0.3) is 22.2 Å². The Morgan fingerprint density at radius 2 is 1.93 bits per heavy atom. The highest BCUT2D eigenvalue weighted by molar-refractivity contribution is 6.30. The van der Waals surface area contributed by atoms with Gasteiger partial charge in [0.15, 0.2) is 11.5 Å². The van der Waals surface area contributed by atoms with Crippen LogP contribution in [0.1, 0.15) is 12.0 Å². The normalized spacial score (nSPS) is 18.6. The van der Waals surface area contributed by atoms with Crippen LogP contribution >= 0.6 is 11.6 Å². The second-order valence-corrected chi connectivity index (χ2v) is 8.18. The van der Waals surface area contributed by atoms with Crippen molar-refractivity contribution in [2.75, 3.05) is 33.6 Å². The summed E-state index contributed by atoms with van der Waals surface area (Å²) in [5.74, 6) is 2.13. The van der Waals surface area contributed by atoms with Crippen LogP contribution in [0, 0.1) is 5.92 Å². The van der Waals surface area contributed by atoms with Crippen LogP contribution in [0.3, 0.4) is 0 Å². The van der Waals surface area contributed by atoms with Gasteiger partial charge >= 0.3 is 0 Å². The Kier molecular flexibility index (Phi) is 5.04. The van der Waals surface area contributed by atoms with E-state index in [0.29, 0.717) is 5.92 Å². The van der Waals surface area contributed by atoms with E-state index >= 15 is 0 Å². The molecule has 3 aromatic rings. The maximum Gasteiger partial charge on any atom is 0.231 e. The first kappa shape index (κ1) is 18.7. The lowest BCUT2D eigenvalue weighted by molar-refractivity contribution is 0.152. The lowest BCUT2D eigenvalue weighted by Crippen LogP contribution is -2.22. The van der Waals surface area contributed by atoms with Gasteiger partial charge in [-0.25, -0.2) is 4.98 Å². The molecule has 0 amide bonds. The van der Waals surface area contributed by atoms with Crippen LogP contribution in [-0.4, -0.2) is 43.5 Å². The summed E-state index contributed by atoms with van der Waals surface area (Å²) in [6.07, 6.45) is 1.17. The Labute approximate surface area is 175 Å². The van der Waals surface area contributed by atoms with E-state index < -0.39 is 0 Å². The Hall–Kier alpha value is -2.34. The number of hydrogen-bond acceptors (Lipinski definition) is 5. The van der Waals surface area contributed by atoms with E-state index in [0.717, 1.165) is 64.9 Å². The average molecular weight is 411 g/mol. The molecular formula is C23H23ClN2O3. The number of nitrogens with zero attached hydrogens (tertiary/aromatic N) is 2.